The Labute approximate surface area is 122 Å². The van der Waals surface area contributed by atoms with Crippen molar-refractivity contribution in [2.75, 3.05) is 13.1 Å². The molecule has 1 saturated heterocycles. The molecule has 2 fully saturated rings. The topological polar surface area (TPSA) is 33.1 Å². The number of nitrogens with one attached hydrogen (secondary N) is 1. The average molecular weight is 276 g/mol. The molecule has 1 unspecified atom stereocenters. The number of aromatic nitrogens is 2. The molecule has 1 N–H and O–H groups in total. The van der Waals surface area contributed by atoms with E-state index in [0.29, 0.717) is 12.1 Å². The number of nitrogens with zero attached hydrogens (tertiary/aromatic N) is 3. The molecule has 1 saturated carbocycles. The first-order valence-corrected chi connectivity index (χ1v) is 8.07. The second kappa shape index (κ2) is 5.49. The third-order valence-electron chi connectivity index (χ3n) is 4.95. The van der Waals surface area contributed by atoms with Gasteiger partial charge in [0, 0.05) is 37.4 Å². The Balaban J connectivity index is 1.67. The summed E-state index contributed by atoms with van der Waals surface area (Å²) in [6.07, 6.45) is 7.52. The van der Waals surface area contributed by atoms with Gasteiger partial charge in [0.15, 0.2) is 0 Å². The molecule has 4 heteroatoms. The minimum absolute atomic E-state index is 0.212. The molecular formula is C16H28N4. The lowest BCUT2D eigenvalue weighted by Crippen LogP contribution is -2.60. The second-order valence-electron chi connectivity index (χ2n) is 7.20. The maximum absolute atomic E-state index is 4.83. The summed E-state index contributed by atoms with van der Waals surface area (Å²) in [5.41, 5.74) is 1.43. The molecule has 1 atom stereocenters. The SMILES string of the molecule is CC1CN(Cc2ccn(C3CCCC3)n2)C(C)(C)CN1. The molecule has 1 aromatic heterocycles. The summed E-state index contributed by atoms with van der Waals surface area (Å²) in [5, 5.41) is 8.40. The lowest BCUT2D eigenvalue weighted by Gasteiger charge is -2.45. The van der Waals surface area contributed by atoms with Crippen LogP contribution in [0.15, 0.2) is 12.3 Å². The highest BCUT2D eigenvalue weighted by molar-refractivity contribution is 5.03. The van der Waals surface area contributed by atoms with E-state index in [4.69, 9.17) is 5.10 Å². The summed E-state index contributed by atoms with van der Waals surface area (Å²) >= 11 is 0. The highest BCUT2D eigenvalue weighted by Gasteiger charge is 2.32. The van der Waals surface area contributed by atoms with Gasteiger partial charge in [-0.1, -0.05) is 12.8 Å². The average Bonchev–Trinajstić information content (AvgIpc) is 3.04. The molecule has 0 amide bonds. The number of rotatable bonds is 3. The van der Waals surface area contributed by atoms with Crippen LogP contribution in [0, 0.1) is 0 Å². The molecule has 2 heterocycles. The van der Waals surface area contributed by atoms with Gasteiger partial charge in [-0.2, -0.15) is 5.10 Å². The van der Waals surface area contributed by atoms with E-state index >= 15 is 0 Å². The van der Waals surface area contributed by atoms with Gasteiger partial charge in [-0.05, 0) is 39.7 Å². The van der Waals surface area contributed by atoms with Crippen LogP contribution in [0.3, 0.4) is 0 Å². The predicted octanol–water partition coefficient (Wildman–Crippen LogP) is 2.57. The van der Waals surface area contributed by atoms with Gasteiger partial charge < -0.3 is 5.32 Å². The molecule has 0 radical (unpaired) electrons. The summed E-state index contributed by atoms with van der Waals surface area (Å²) in [6, 6.07) is 3.43. The Morgan fingerprint density at radius 2 is 2.10 bits per heavy atom. The van der Waals surface area contributed by atoms with Crippen LogP contribution in [0.5, 0.6) is 0 Å². The maximum atomic E-state index is 4.83. The fraction of sp³-hybridized carbons (Fsp3) is 0.812. The van der Waals surface area contributed by atoms with E-state index in [2.05, 4.69) is 47.9 Å². The molecule has 1 aliphatic heterocycles. The van der Waals surface area contributed by atoms with Crippen LogP contribution in [0.1, 0.15) is 58.2 Å². The molecular weight excluding hydrogens is 248 g/mol. The molecule has 0 bridgehead atoms. The Morgan fingerprint density at radius 1 is 1.35 bits per heavy atom. The van der Waals surface area contributed by atoms with Crippen LogP contribution in [-0.2, 0) is 6.54 Å². The fourth-order valence-corrected chi connectivity index (χ4v) is 3.49. The highest BCUT2D eigenvalue weighted by Crippen LogP contribution is 2.29. The number of piperazine rings is 1. The van der Waals surface area contributed by atoms with Crippen molar-refractivity contribution in [1.82, 2.24) is 20.0 Å². The van der Waals surface area contributed by atoms with E-state index in [9.17, 15) is 0 Å². The third kappa shape index (κ3) is 2.91. The Hall–Kier alpha value is -0.870. The van der Waals surface area contributed by atoms with E-state index in [1.807, 2.05) is 0 Å². The van der Waals surface area contributed by atoms with Crippen molar-refractivity contribution in [3.05, 3.63) is 18.0 Å². The van der Waals surface area contributed by atoms with Crippen molar-refractivity contribution in [3.8, 4) is 0 Å². The van der Waals surface area contributed by atoms with Gasteiger partial charge in [-0.25, -0.2) is 0 Å². The van der Waals surface area contributed by atoms with E-state index in [1.165, 1.54) is 31.4 Å². The molecule has 2 aliphatic rings. The zero-order chi connectivity index (χ0) is 14.2. The van der Waals surface area contributed by atoms with Gasteiger partial charge in [0.25, 0.3) is 0 Å². The van der Waals surface area contributed by atoms with Crippen LogP contribution in [-0.4, -0.2) is 39.4 Å². The largest absolute Gasteiger partial charge is 0.311 e. The predicted molar refractivity (Wildman–Crippen MR) is 81.7 cm³/mol. The van der Waals surface area contributed by atoms with Crippen LogP contribution >= 0.6 is 0 Å². The molecule has 20 heavy (non-hydrogen) atoms. The Morgan fingerprint density at radius 3 is 2.85 bits per heavy atom. The van der Waals surface area contributed by atoms with Gasteiger partial charge in [-0.3, -0.25) is 9.58 Å². The third-order valence-corrected chi connectivity index (χ3v) is 4.95. The molecule has 112 valence electrons. The van der Waals surface area contributed by atoms with Crippen molar-refractivity contribution in [3.63, 3.8) is 0 Å². The van der Waals surface area contributed by atoms with Crippen molar-refractivity contribution >= 4 is 0 Å². The van der Waals surface area contributed by atoms with Crippen LogP contribution in [0.25, 0.3) is 0 Å². The van der Waals surface area contributed by atoms with Crippen molar-refractivity contribution in [2.24, 2.45) is 0 Å². The summed E-state index contributed by atoms with van der Waals surface area (Å²) in [6.45, 7) is 10.0. The van der Waals surface area contributed by atoms with E-state index in [1.54, 1.807) is 0 Å². The smallest absolute Gasteiger partial charge is 0.0765 e. The first-order chi connectivity index (χ1) is 9.54. The quantitative estimate of drug-likeness (QED) is 0.921. The van der Waals surface area contributed by atoms with Gasteiger partial charge in [0.05, 0.1) is 11.7 Å². The lowest BCUT2D eigenvalue weighted by molar-refractivity contribution is 0.0612. The minimum atomic E-state index is 0.212. The number of hydrogen-bond acceptors (Lipinski definition) is 3. The van der Waals surface area contributed by atoms with E-state index < -0.39 is 0 Å². The Bertz CT molecular complexity index is 445. The fourth-order valence-electron chi connectivity index (χ4n) is 3.49. The monoisotopic (exact) mass is 276 g/mol. The number of hydrogen-bond donors (Lipinski definition) is 1. The normalized spacial score (nSPS) is 28.1. The summed E-state index contributed by atoms with van der Waals surface area (Å²) in [7, 11) is 0. The Kier molecular flexibility index (Phi) is 3.87. The highest BCUT2D eigenvalue weighted by atomic mass is 15.3. The van der Waals surface area contributed by atoms with Gasteiger partial charge in [-0.15, -0.1) is 0 Å². The van der Waals surface area contributed by atoms with Gasteiger partial charge in [0.2, 0.25) is 0 Å². The second-order valence-corrected chi connectivity index (χ2v) is 7.20. The summed E-state index contributed by atoms with van der Waals surface area (Å²) in [4.78, 5) is 2.56. The zero-order valence-corrected chi connectivity index (χ0v) is 13.1. The summed E-state index contributed by atoms with van der Waals surface area (Å²) < 4.78 is 2.21. The lowest BCUT2D eigenvalue weighted by atomic mass is 9.97. The molecule has 0 spiro atoms. The van der Waals surface area contributed by atoms with Crippen LogP contribution in [0.4, 0.5) is 0 Å². The molecule has 1 aliphatic carbocycles. The maximum Gasteiger partial charge on any atom is 0.0765 e. The van der Waals surface area contributed by atoms with E-state index in [-0.39, 0.29) is 5.54 Å². The van der Waals surface area contributed by atoms with Crippen molar-refractivity contribution < 1.29 is 0 Å². The van der Waals surface area contributed by atoms with Crippen LogP contribution < -0.4 is 5.32 Å². The van der Waals surface area contributed by atoms with Gasteiger partial charge >= 0.3 is 0 Å². The van der Waals surface area contributed by atoms with Crippen molar-refractivity contribution in [2.45, 2.75) is 70.6 Å². The van der Waals surface area contributed by atoms with Crippen molar-refractivity contribution in [1.29, 1.82) is 0 Å². The minimum Gasteiger partial charge on any atom is -0.311 e. The first-order valence-electron chi connectivity index (χ1n) is 8.07. The van der Waals surface area contributed by atoms with Gasteiger partial charge in [0.1, 0.15) is 0 Å². The standard InChI is InChI=1S/C16H28N4/c1-13-10-19(16(2,3)12-17-13)11-14-8-9-20(18-14)15-6-4-5-7-15/h8-9,13,15,17H,4-7,10-12H2,1-3H3. The molecule has 4 nitrogen and oxygen atoms in total. The summed E-state index contributed by atoms with van der Waals surface area (Å²) in [5.74, 6) is 0. The first kappa shape index (κ1) is 14.1. The molecule has 3 rings (SSSR count). The van der Waals surface area contributed by atoms with E-state index in [0.717, 1.165) is 19.6 Å². The molecule has 0 aromatic carbocycles. The zero-order valence-electron chi connectivity index (χ0n) is 13.1. The van der Waals surface area contributed by atoms with Crippen LogP contribution in [0.2, 0.25) is 0 Å². The molecule has 1 aromatic rings.